The van der Waals surface area contributed by atoms with Gasteiger partial charge < -0.3 is 30.6 Å². The molecular formula is C22H22LiN7O5. The number of carbonyl (C=O) groups is 3. The number of aromatic carboxylic acids is 1. The molecule has 1 aromatic carbocycles. The number of carbonyl (C=O) groups excluding carboxylic acids is 3. The molecule has 0 bridgehead atoms. The number of carboxylic acids is 1. The van der Waals surface area contributed by atoms with E-state index in [0.717, 1.165) is 17.5 Å². The Labute approximate surface area is 216 Å². The minimum absolute atomic E-state index is 0. The van der Waals surface area contributed by atoms with Crippen LogP contribution >= 0.6 is 0 Å². The first-order valence-electron chi connectivity index (χ1n) is 11.7. The van der Waals surface area contributed by atoms with Crippen molar-refractivity contribution in [2.24, 2.45) is 13.0 Å². The fraction of sp³-hybridized carbons (Fsp3) is 0.273. The first-order valence-corrected chi connectivity index (χ1v) is 10.2. The fourth-order valence-electron chi connectivity index (χ4n) is 3.34. The van der Waals surface area contributed by atoms with Crippen LogP contribution in [0.15, 0.2) is 30.3 Å². The summed E-state index contributed by atoms with van der Waals surface area (Å²) in [7, 11) is 2.85. The molecule has 35 heavy (non-hydrogen) atoms. The van der Waals surface area contributed by atoms with Crippen LogP contribution < -0.4 is 44.7 Å². The molecule has 0 spiro atoms. The number of aromatic nitrogens is 4. The van der Waals surface area contributed by atoms with Crippen LogP contribution in [0.1, 0.15) is 37.9 Å². The maximum Gasteiger partial charge on any atom is 1.00 e. The van der Waals surface area contributed by atoms with Gasteiger partial charge in [-0.25, -0.2) is 0 Å². The molecule has 0 saturated heterocycles. The Morgan fingerprint density at radius 3 is 2.60 bits per heavy atom. The van der Waals surface area contributed by atoms with Crippen molar-refractivity contribution in [3.63, 3.8) is 0 Å². The Morgan fingerprint density at radius 1 is 1.20 bits per heavy atom. The Balaban J connectivity index is 0.00000400. The van der Waals surface area contributed by atoms with Gasteiger partial charge in [-0.2, -0.15) is 5.10 Å². The Kier molecular flexibility index (Phi) is 6.54. The number of amides is 2. The van der Waals surface area contributed by atoms with Crippen molar-refractivity contribution < 1.29 is 47.2 Å². The number of rotatable bonds is 8. The SMILES string of the molecule is [2H]C([2H])([2H])NC(=O)c1nnc(NC(=O)C2CC2)cc1Nc1cccc(-c2cc(C(=O)[O-])n(C)n2)c1OC.[Li+]. The molecule has 4 rings (SSSR count). The number of methoxy groups -OCH3 is 1. The number of hydrogen-bond acceptors (Lipinski definition) is 9. The van der Waals surface area contributed by atoms with Gasteiger partial charge in [0.2, 0.25) is 5.91 Å². The van der Waals surface area contributed by atoms with E-state index in [1.165, 1.54) is 26.3 Å². The van der Waals surface area contributed by atoms with Crippen molar-refractivity contribution in [3.05, 3.63) is 41.7 Å². The van der Waals surface area contributed by atoms with Gasteiger partial charge in [-0.05, 0) is 31.0 Å². The fourth-order valence-corrected chi connectivity index (χ4v) is 3.34. The van der Waals surface area contributed by atoms with Gasteiger partial charge in [-0.1, -0.05) is 6.07 Å². The standard InChI is InChI=1S/C22H23N7O5.Li/c1-23-21(31)18-15(10-17(26-27-18)25-20(30)11-7-8-11)24-13-6-4-5-12(19(13)34-3)14-9-16(22(32)33)29(2)28-14;/h4-6,9-11H,7-8H2,1-3H3,(H,23,31)(H,32,33)(H2,24,25,26,30);/q;+1/p-1/i1D3;. The van der Waals surface area contributed by atoms with E-state index in [2.05, 4.69) is 25.9 Å². The molecule has 12 nitrogen and oxygen atoms in total. The zero-order valence-corrected chi connectivity index (χ0v) is 19.2. The van der Waals surface area contributed by atoms with Crippen molar-refractivity contribution in [1.29, 1.82) is 0 Å². The van der Waals surface area contributed by atoms with Gasteiger partial charge in [0.25, 0.3) is 5.91 Å². The second kappa shape index (κ2) is 10.6. The van der Waals surface area contributed by atoms with Crippen LogP contribution in [0.3, 0.4) is 0 Å². The van der Waals surface area contributed by atoms with E-state index in [9.17, 15) is 19.5 Å². The van der Waals surface area contributed by atoms with Crippen molar-refractivity contribution in [1.82, 2.24) is 25.3 Å². The second-order valence-electron chi connectivity index (χ2n) is 7.55. The first kappa shape index (κ1) is 21.6. The Bertz CT molecular complexity index is 1390. The summed E-state index contributed by atoms with van der Waals surface area (Å²) in [5, 5.41) is 30.7. The molecule has 3 N–H and O–H groups in total. The molecule has 1 aliphatic rings. The second-order valence-corrected chi connectivity index (χ2v) is 7.55. The van der Waals surface area contributed by atoms with Gasteiger partial charge in [0.1, 0.15) is 0 Å². The van der Waals surface area contributed by atoms with Crippen molar-refractivity contribution in [2.45, 2.75) is 12.8 Å². The van der Waals surface area contributed by atoms with Crippen molar-refractivity contribution in [3.8, 4) is 17.0 Å². The number of nitrogens with zero attached hydrogens (tertiary/aromatic N) is 4. The smallest absolute Gasteiger partial charge is 0.543 e. The zero-order valence-electron chi connectivity index (χ0n) is 22.2. The number of benzene rings is 1. The van der Waals surface area contributed by atoms with Gasteiger partial charge in [0, 0.05) is 35.7 Å². The molecule has 0 unspecified atom stereocenters. The molecule has 2 aromatic heterocycles. The topological polar surface area (TPSA) is 163 Å². The van der Waals surface area contributed by atoms with E-state index in [-0.39, 0.29) is 65.0 Å². The maximum absolute atomic E-state index is 12.7. The first-order chi connectivity index (χ1) is 17.5. The summed E-state index contributed by atoms with van der Waals surface area (Å²) >= 11 is 0. The van der Waals surface area contributed by atoms with E-state index in [1.807, 2.05) is 5.32 Å². The van der Waals surface area contributed by atoms with E-state index in [1.54, 1.807) is 18.2 Å². The average Bonchev–Trinajstić information content (AvgIpc) is 3.59. The monoisotopic (exact) mass is 474 g/mol. The summed E-state index contributed by atoms with van der Waals surface area (Å²) in [6.45, 7) is -2.78. The molecule has 0 aliphatic heterocycles. The van der Waals surface area contributed by atoms with Gasteiger partial charge in [0.15, 0.2) is 17.3 Å². The van der Waals surface area contributed by atoms with Crippen LogP contribution in [-0.4, -0.2) is 51.8 Å². The van der Waals surface area contributed by atoms with Gasteiger partial charge >= 0.3 is 18.9 Å². The van der Waals surface area contributed by atoms with Crippen LogP contribution in [0.4, 0.5) is 17.2 Å². The summed E-state index contributed by atoms with van der Waals surface area (Å²) in [6.07, 6.45) is 1.53. The number of nitrogens with one attached hydrogen (secondary N) is 3. The molecule has 13 heteroatoms. The van der Waals surface area contributed by atoms with Gasteiger partial charge in [0.05, 0.1) is 35.8 Å². The Morgan fingerprint density at radius 2 is 1.97 bits per heavy atom. The number of aryl methyl sites for hydroxylation is 1. The molecule has 1 saturated carbocycles. The summed E-state index contributed by atoms with van der Waals surface area (Å²) < 4.78 is 28.7. The van der Waals surface area contributed by atoms with Crippen molar-refractivity contribution >= 4 is 35.0 Å². The Hall–Kier alpha value is -3.88. The number of ether oxygens (including phenoxy) is 1. The third kappa shape index (κ3) is 5.45. The third-order valence-electron chi connectivity index (χ3n) is 5.18. The van der Waals surface area contributed by atoms with E-state index in [4.69, 9.17) is 8.85 Å². The summed E-state index contributed by atoms with van der Waals surface area (Å²) in [5.74, 6) is -2.47. The number of anilines is 3. The van der Waals surface area contributed by atoms with Gasteiger partial charge in [-0.15, -0.1) is 10.2 Å². The molecule has 1 aliphatic carbocycles. The summed E-state index contributed by atoms with van der Waals surface area (Å²) in [4.78, 5) is 36.2. The van der Waals surface area contributed by atoms with E-state index in [0.29, 0.717) is 11.3 Å². The number of carboxylic acid groups (broad SMARTS) is 1. The van der Waals surface area contributed by atoms with Crippen molar-refractivity contribution in [2.75, 3.05) is 24.7 Å². The molecule has 1 fully saturated rings. The molecule has 2 amide bonds. The van der Waals surface area contributed by atoms with Crippen LogP contribution in [0.5, 0.6) is 5.75 Å². The number of hydrogen-bond donors (Lipinski definition) is 3. The minimum atomic E-state index is -2.78. The quantitative estimate of drug-likeness (QED) is 0.305. The molecule has 176 valence electrons. The van der Waals surface area contributed by atoms with Crippen LogP contribution in [0.25, 0.3) is 11.3 Å². The minimum Gasteiger partial charge on any atom is -0.543 e. The largest absolute Gasteiger partial charge is 1.00 e. The zero-order chi connectivity index (χ0) is 26.9. The third-order valence-corrected chi connectivity index (χ3v) is 5.18. The van der Waals surface area contributed by atoms with E-state index >= 15 is 0 Å². The summed E-state index contributed by atoms with van der Waals surface area (Å²) in [6, 6.07) is 7.58. The van der Waals surface area contributed by atoms with Gasteiger partial charge in [-0.3, -0.25) is 14.3 Å². The van der Waals surface area contributed by atoms with Crippen LogP contribution in [0.2, 0.25) is 0 Å². The predicted octanol–water partition coefficient (Wildman–Crippen LogP) is -2.30. The summed E-state index contributed by atoms with van der Waals surface area (Å²) in [5.41, 5.74) is 0.575. The molecule has 2 heterocycles. The normalized spacial score (nSPS) is 13.9. The average molecular weight is 474 g/mol. The molecule has 3 aromatic rings. The number of para-hydroxylation sites is 1. The van der Waals surface area contributed by atoms with Crippen LogP contribution in [0, 0.1) is 5.92 Å². The molecule has 0 radical (unpaired) electrons. The molecule has 0 atom stereocenters. The maximum atomic E-state index is 12.7. The predicted molar refractivity (Wildman–Crippen MR) is 120 cm³/mol. The molecular weight excluding hydrogens is 449 g/mol. The van der Waals surface area contributed by atoms with Crippen LogP contribution in [-0.2, 0) is 11.8 Å². The van der Waals surface area contributed by atoms with E-state index < -0.39 is 18.9 Å².